The molecular weight excluding hydrogens is 158 g/mol. The van der Waals surface area contributed by atoms with Gasteiger partial charge >= 0.3 is 0 Å². The van der Waals surface area contributed by atoms with Crippen LogP contribution >= 0.6 is 11.8 Å². The molecule has 0 rings (SSSR count). The minimum absolute atomic E-state index is 0.125. The molecule has 11 heavy (non-hydrogen) atoms. The monoisotopic (exact) mass is 175 g/mol. The van der Waals surface area contributed by atoms with E-state index in [0.717, 1.165) is 31.6 Å². The molecule has 0 aliphatic carbocycles. The van der Waals surface area contributed by atoms with Crippen LogP contribution in [0.15, 0.2) is 0 Å². The SMILES string of the molecule is CCCCNC(=O)SCCC. The van der Waals surface area contributed by atoms with E-state index in [2.05, 4.69) is 19.2 Å². The number of rotatable bonds is 5. The van der Waals surface area contributed by atoms with Crippen LogP contribution in [0, 0.1) is 0 Å². The number of carbonyl (C=O) groups is 1. The Labute approximate surface area is 73.1 Å². The third kappa shape index (κ3) is 7.72. The summed E-state index contributed by atoms with van der Waals surface area (Å²) in [5.41, 5.74) is 0. The van der Waals surface area contributed by atoms with Gasteiger partial charge in [0.1, 0.15) is 0 Å². The third-order valence-electron chi connectivity index (χ3n) is 1.24. The predicted octanol–water partition coefficient (Wildman–Crippen LogP) is 2.64. The standard InChI is InChI=1S/C8H17NOS/c1-3-5-6-9-8(10)11-7-4-2/h3-7H2,1-2H3,(H,9,10). The van der Waals surface area contributed by atoms with Gasteiger partial charge in [-0.25, -0.2) is 0 Å². The zero-order chi connectivity index (χ0) is 8.53. The molecule has 0 atom stereocenters. The van der Waals surface area contributed by atoms with E-state index in [-0.39, 0.29) is 5.24 Å². The van der Waals surface area contributed by atoms with Crippen molar-refractivity contribution in [1.82, 2.24) is 5.32 Å². The maximum Gasteiger partial charge on any atom is 0.279 e. The number of hydrogen-bond donors (Lipinski definition) is 1. The number of hydrogen-bond acceptors (Lipinski definition) is 2. The molecule has 0 spiro atoms. The molecule has 1 N–H and O–H groups in total. The smallest absolute Gasteiger partial charge is 0.279 e. The summed E-state index contributed by atoms with van der Waals surface area (Å²) in [4.78, 5) is 10.9. The first-order valence-corrected chi connectivity index (χ1v) is 5.20. The molecule has 0 bridgehead atoms. The highest BCUT2D eigenvalue weighted by molar-refractivity contribution is 8.13. The largest absolute Gasteiger partial charge is 0.347 e. The second kappa shape index (κ2) is 7.92. The Bertz CT molecular complexity index is 106. The molecule has 1 amide bonds. The van der Waals surface area contributed by atoms with Gasteiger partial charge in [-0.3, -0.25) is 4.79 Å². The van der Waals surface area contributed by atoms with E-state index >= 15 is 0 Å². The number of thioether (sulfide) groups is 1. The van der Waals surface area contributed by atoms with Gasteiger partial charge in [-0.1, -0.05) is 32.0 Å². The lowest BCUT2D eigenvalue weighted by Crippen LogP contribution is -2.19. The molecule has 0 radical (unpaired) electrons. The van der Waals surface area contributed by atoms with E-state index < -0.39 is 0 Å². The van der Waals surface area contributed by atoms with Crippen LogP contribution in [0.5, 0.6) is 0 Å². The second-order valence-electron chi connectivity index (χ2n) is 2.42. The molecule has 0 aliphatic rings. The Morgan fingerprint density at radius 1 is 1.36 bits per heavy atom. The minimum Gasteiger partial charge on any atom is -0.347 e. The van der Waals surface area contributed by atoms with Crippen molar-refractivity contribution in [2.45, 2.75) is 33.1 Å². The van der Waals surface area contributed by atoms with Gasteiger partial charge in [0.15, 0.2) is 0 Å². The lowest BCUT2D eigenvalue weighted by atomic mass is 10.3. The molecular formula is C8H17NOS. The average Bonchev–Trinajstić information content (AvgIpc) is 2.01. The summed E-state index contributed by atoms with van der Waals surface area (Å²) in [5, 5.41) is 2.97. The molecule has 3 heteroatoms. The molecule has 2 nitrogen and oxygen atoms in total. The van der Waals surface area contributed by atoms with Crippen LogP contribution in [-0.4, -0.2) is 17.5 Å². The quantitative estimate of drug-likeness (QED) is 0.651. The van der Waals surface area contributed by atoms with Gasteiger partial charge in [0.05, 0.1) is 0 Å². The maximum absolute atomic E-state index is 10.9. The molecule has 66 valence electrons. The summed E-state index contributed by atoms with van der Waals surface area (Å²) >= 11 is 1.38. The fraction of sp³-hybridized carbons (Fsp3) is 0.875. The van der Waals surface area contributed by atoms with Crippen molar-refractivity contribution in [3.8, 4) is 0 Å². The van der Waals surface area contributed by atoms with Crippen molar-refractivity contribution in [2.24, 2.45) is 0 Å². The highest BCUT2D eigenvalue weighted by Crippen LogP contribution is 2.02. The Hall–Kier alpha value is -0.180. The Balaban J connectivity index is 3.09. The van der Waals surface area contributed by atoms with Crippen molar-refractivity contribution in [2.75, 3.05) is 12.3 Å². The van der Waals surface area contributed by atoms with Crippen LogP contribution in [0.1, 0.15) is 33.1 Å². The summed E-state index contributed by atoms with van der Waals surface area (Å²) in [6, 6.07) is 0. The average molecular weight is 175 g/mol. The summed E-state index contributed by atoms with van der Waals surface area (Å²) in [5.74, 6) is 0.929. The van der Waals surface area contributed by atoms with Gasteiger partial charge < -0.3 is 5.32 Å². The van der Waals surface area contributed by atoms with Gasteiger partial charge in [0.25, 0.3) is 5.24 Å². The highest BCUT2D eigenvalue weighted by atomic mass is 32.2. The van der Waals surface area contributed by atoms with Gasteiger partial charge in [-0.05, 0) is 12.8 Å². The molecule has 0 saturated carbocycles. The van der Waals surface area contributed by atoms with E-state index in [9.17, 15) is 4.79 Å². The normalized spacial score (nSPS) is 9.64. The van der Waals surface area contributed by atoms with Crippen molar-refractivity contribution in [1.29, 1.82) is 0 Å². The topological polar surface area (TPSA) is 29.1 Å². The molecule has 0 heterocycles. The summed E-state index contributed by atoms with van der Waals surface area (Å²) < 4.78 is 0. The first kappa shape index (κ1) is 10.8. The fourth-order valence-electron chi connectivity index (χ4n) is 0.613. The van der Waals surface area contributed by atoms with E-state index in [4.69, 9.17) is 0 Å². The van der Waals surface area contributed by atoms with Crippen molar-refractivity contribution in [3.05, 3.63) is 0 Å². The van der Waals surface area contributed by atoms with E-state index in [1.54, 1.807) is 0 Å². The minimum atomic E-state index is 0.125. The van der Waals surface area contributed by atoms with Gasteiger partial charge in [-0.15, -0.1) is 0 Å². The zero-order valence-electron chi connectivity index (χ0n) is 7.35. The maximum atomic E-state index is 10.9. The first-order valence-electron chi connectivity index (χ1n) is 4.21. The molecule has 0 aliphatic heterocycles. The van der Waals surface area contributed by atoms with E-state index in [1.807, 2.05) is 0 Å². The Kier molecular flexibility index (Phi) is 7.79. The molecule has 0 unspecified atom stereocenters. The van der Waals surface area contributed by atoms with Crippen LogP contribution in [-0.2, 0) is 0 Å². The molecule has 0 aromatic carbocycles. The van der Waals surface area contributed by atoms with Crippen molar-refractivity contribution >= 4 is 17.0 Å². The summed E-state index contributed by atoms with van der Waals surface area (Å²) in [7, 11) is 0. The van der Waals surface area contributed by atoms with Gasteiger partial charge in [0, 0.05) is 12.3 Å². The van der Waals surface area contributed by atoms with Crippen LogP contribution < -0.4 is 5.32 Å². The van der Waals surface area contributed by atoms with Crippen LogP contribution in [0.2, 0.25) is 0 Å². The molecule has 0 fully saturated rings. The highest BCUT2D eigenvalue weighted by Gasteiger charge is 1.97. The zero-order valence-corrected chi connectivity index (χ0v) is 8.17. The number of nitrogens with one attached hydrogen (secondary N) is 1. The van der Waals surface area contributed by atoms with Crippen molar-refractivity contribution in [3.63, 3.8) is 0 Å². The summed E-state index contributed by atoms with van der Waals surface area (Å²) in [6.07, 6.45) is 3.28. The lowest BCUT2D eigenvalue weighted by Gasteiger charge is -2.01. The lowest BCUT2D eigenvalue weighted by molar-refractivity contribution is 0.260. The fourth-order valence-corrected chi connectivity index (χ4v) is 1.21. The Morgan fingerprint density at radius 2 is 2.09 bits per heavy atom. The first-order chi connectivity index (χ1) is 5.31. The molecule has 0 saturated heterocycles. The Morgan fingerprint density at radius 3 is 2.64 bits per heavy atom. The van der Waals surface area contributed by atoms with Crippen molar-refractivity contribution < 1.29 is 4.79 Å². The van der Waals surface area contributed by atoms with E-state index in [0.29, 0.717) is 0 Å². The van der Waals surface area contributed by atoms with E-state index in [1.165, 1.54) is 11.8 Å². The number of amides is 1. The number of carbonyl (C=O) groups excluding carboxylic acids is 1. The third-order valence-corrected chi connectivity index (χ3v) is 2.26. The molecule has 0 aromatic heterocycles. The van der Waals surface area contributed by atoms with Crippen LogP contribution in [0.25, 0.3) is 0 Å². The predicted molar refractivity (Wildman–Crippen MR) is 51.1 cm³/mol. The van der Waals surface area contributed by atoms with Crippen LogP contribution in [0.3, 0.4) is 0 Å². The second-order valence-corrected chi connectivity index (χ2v) is 3.48. The van der Waals surface area contributed by atoms with Crippen LogP contribution in [0.4, 0.5) is 4.79 Å². The summed E-state index contributed by atoms with van der Waals surface area (Å²) in [6.45, 7) is 5.02. The number of unbranched alkanes of at least 4 members (excludes halogenated alkanes) is 1. The molecule has 0 aromatic rings. The van der Waals surface area contributed by atoms with Gasteiger partial charge in [0.2, 0.25) is 0 Å². The van der Waals surface area contributed by atoms with Gasteiger partial charge in [-0.2, -0.15) is 0 Å².